The summed E-state index contributed by atoms with van der Waals surface area (Å²) in [6, 6.07) is 24.5. The Balaban J connectivity index is 1.66. The molecule has 6 nitrogen and oxygen atoms in total. The number of benzene rings is 3. The normalized spacial score (nSPS) is 11.7. The maximum absolute atomic E-state index is 5.51. The molecule has 4 aromatic rings. The van der Waals surface area contributed by atoms with E-state index < -0.39 is 0 Å². The van der Waals surface area contributed by atoms with E-state index in [0.717, 1.165) is 29.7 Å². The zero-order valence-corrected chi connectivity index (χ0v) is 18.6. The number of rotatable bonds is 9. The summed E-state index contributed by atoms with van der Waals surface area (Å²) in [7, 11) is 3.25. The molecule has 3 aromatic carbocycles. The maximum Gasteiger partial charge on any atom is 0.225 e. The number of fused-ring (bicyclic) bond motifs is 1. The van der Waals surface area contributed by atoms with E-state index in [1.807, 2.05) is 36.4 Å². The molecule has 1 heterocycles. The van der Waals surface area contributed by atoms with Gasteiger partial charge in [0.15, 0.2) is 11.5 Å². The minimum absolute atomic E-state index is 0.0690. The summed E-state index contributed by atoms with van der Waals surface area (Å²) >= 11 is 0. The molecule has 32 heavy (non-hydrogen) atoms. The van der Waals surface area contributed by atoms with Crippen molar-refractivity contribution in [3.8, 4) is 11.5 Å². The molecule has 0 bridgehead atoms. The zero-order valence-electron chi connectivity index (χ0n) is 18.6. The summed E-state index contributed by atoms with van der Waals surface area (Å²) in [5.41, 5.74) is 3.23. The number of methoxy groups -OCH3 is 2. The molecule has 0 saturated heterocycles. The summed E-state index contributed by atoms with van der Waals surface area (Å²) in [4.78, 5) is 9.53. The van der Waals surface area contributed by atoms with Crippen LogP contribution in [0.2, 0.25) is 0 Å². The van der Waals surface area contributed by atoms with Crippen molar-refractivity contribution >= 4 is 22.7 Å². The molecule has 0 spiro atoms. The van der Waals surface area contributed by atoms with Crippen LogP contribution in [-0.4, -0.2) is 30.7 Å². The molecule has 0 fully saturated rings. The fourth-order valence-corrected chi connectivity index (χ4v) is 3.64. The second-order valence-electron chi connectivity index (χ2n) is 7.56. The second-order valence-corrected chi connectivity index (χ2v) is 7.56. The average molecular weight is 429 g/mol. The van der Waals surface area contributed by atoms with Crippen LogP contribution in [0.25, 0.3) is 10.9 Å². The van der Waals surface area contributed by atoms with Gasteiger partial charge in [-0.2, -0.15) is 4.98 Å². The highest BCUT2D eigenvalue weighted by atomic mass is 16.5. The number of anilines is 2. The van der Waals surface area contributed by atoms with Crippen molar-refractivity contribution in [2.75, 3.05) is 31.4 Å². The van der Waals surface area contributed by atoms with Crippen LogP contribution in [0, 0.1) is 0 Å². The van der Waals surface area contributed by atoms with Crippen molar-refractivity contribution in [2.45, 2.75) is 19.4 Å². The highest BCUT2D eigenvalue weighted by Gasteiger charge is 2.15. The molecule has 0 aliphatic heterocycles. The van der Waals surface area contributed by atoms with Crippen LogP contribution in [0.5, 0.6) is 11.5 Å². The van der Waals surface area contributed by atoms with Gasteiger partial charge in [0, 0.05) is 24.0 Å². The van der Waals surface area contributed by atoms with Gasteiger partial charge >= 0.3 is 0 Å². The van der Waals surface area contributed by atoms with Crippen LogP contribution >= 0.6 is 0 Å². The average Bonchev–Trinajstić information content (AvgIpc) is 2.84. The Morgan fingerprint density at radius 3 is 2.19 bits per heavy atom. The second kappa shape index (κ2) is 10.0. The van der Waals surface area contributed by atoms with Crippen molar-refractivity contribution in [3.05, 3.63) is 83.9 Å². The molecule has 2 N–H and O–H groups in total. The first-order chi connectivity index (χ1) is 15.7. The molecule has 1 aromatic heterocycles. The third-order valence-electron chi connectivity index (χ3n) is 5.39. The number of nitrogens with zero attached hydrogens (tertiary/aromatic N) is 2. The molecule has 0 amide bonds. The molecule has 0 radical (unpaired) electrons. The molecule has 0 aliphatic rings. The maximum atomic E-state index is 5.51. The molecule has 1 atom stereocenters. The largest absolute Gasteiger partial charge is 0.493 e. The van der Waals surface area contributed by atoms with Gasteiger partial charge in [0.05, 0.1) is 19.7 Å². The fraction of sp³-hybridized carbons (Fsp3) is 0.231. The van der Waals surface area contributed by atoms with E-state index in [4.69, 9.17) is 19.4 Å². The van der Waals surface area contributed by atoms with Crippen molar-refractivity contribution in [1.29, 1.82) is 0 Å². The van der Waals surface area contributed by atoms with Crippen LogP contribution in [-0.2, 0) is 6.42 Å². The van der Waals surface area contributed by atoms with E-state index in [0.29, 0.717) is 17.4 Å². The Bertz CT molecular complexity index is 1170. The van der Waals surface area contributed by atoms with E-state index in [-0.39, 0.29) is 6.04 Å². The highest BCUT2D eigenvalue weighted by molar-refractivity contribution is 5.92. The predicted octanol–water partition coefficient (Wildman–Crippen LogP) is 5.47. The molecule has 6 heteroatoms. The third kappa shape index (κ3) is 4.91. The molecular weight excluding hydrogens is 400 g/mol. The predicted molar refractivity (Wildman–Crippen MR) is 130 cm³/mol. The fourth-order valence-electron chi connectivity index (χ4n) is 3.64. The standard InChI is InChI=1S/C26H28N4O2/c1-18(20-12-8-5-9-13-20)28-25-21-16-23(31-2)24(32-3)17-22(21)29-26(30-25)27-15-14-19-10-6-4-7-11-19/h4-13,16-18H,14-15H2,1-3H3,(H2,27,28,29,30). The number of ether oxygens (including phenoxy) is 2. The summed E-state index contributed by atoms with van der Waals surface area (Å²) in [5, 5.41) is 7.80. The van der Waals surface area contributed by atoms with Crippen molar-refractivity contribution in [3.63, 3.8) is 0 Å². The molecule has 0 saturated carbocycles. The van der Waals surface area contributed by atoms with E-state index in [9.17, 15) is 0 Å². The lowest BCUT2D eigenvalue weighted by atomic mass is 10.1. The quantitative estimate of drug-likeness (QED) is 0.368. The first-order valence-electron chi connectivity index (χ1n) is 10.7. The minimum Gasteiger partial charge on any atom is -0.493 e. The Labute approximate surface area is 188 Å². The summed E-state index contributed by atoms with van der Waals surface area (Å²) in [5.74, 6) is 2.60. The highest BCUT2D eigenvalue weighted by Crippen LogP contribution is 2.35. The van der Waals surface area contributed by atoms with Gasteiger partial charge in [0.2, 0.25) is 5.95 Å². The van der Waals surface area contributed by atoms with E-state index in [1.54, 1.807) is 14.2 Å². The monoisotopic (exact) mass is 428 g/mol. The number of aromatic nitrogens is 2. The van der Waals surface area contributed by atoms with Gasteiger partial charge in [0.1, 0.15) is 5.82 Å². The van der Waals surface area contributed by atoms with Crippen molar-refractivity contribution < 1.29 is 9.47 Å². The van der Waals surface area contributed by atoms with Gasteiger partial charge in [-0.25, -0.2) is 4.98 Å². The van der Waals surface area contributed by atoms with Crippen LogP contribution in [0.15, 0.2) is 72.8 Å². The SMILES string of the molecule is COc1cc2nc(NCCc3ccccc3)nc(NC(C)c3ccccc3)c2cc1OC. The third-order valence-corrected chi connectivity index (χ3v) is 5.39. The van der Waals surface area contributed by atoms with Gasteiger partial charge in [-0.1, -0.05) is 60.7 Å². The minimum atomic E-state index is 0.0690. The van der Waals surface area contributed by atoms with Gasteiger partial charge < -0.3 is 20.1 Å². The topological polar surface area (TPSA) is 68.3 Å². The lowest BCUT2D eigenvalue weighted by Gasteiger charge is -2.18. The Hall–Kier alpha value is -3.80. The smallest absolute Gasteiger partial charge is 0.225 e. The van der Waals surface area contributed by atoms with Crippen molar-refractivity contribution in [1.82, 2.24) is 9.97 Å². The van der Waals surface area contributed by atoms with E-state index >= 15 is 0 Å². The molecule has 1 unspecified atom stereocenters. The Kier molecular flexibility index (Phi) is 6.70. The molecule has 164 valence electrons. The molecule has 0 aliphatic carbocycles. The van der Waals surface area contributed by atoms with Crippen LogP contribution in [0.1, 0.15) is 24.1 Å². The Morgan fingerprint density at radius 2 is 1.50 bits per heavy atom. The molecular formula is C26H28N4O2. The Morgan fingerprint density at radius 1 is 0.844 bits per heavy atom. The van der Waals surface area contributed by atoms with Crippen LogP contribution in [0.3, 0.4) is 0 Å². The van der Waals surface area contributed by atoms with Gasteiger partial charge in [-0.05, 0) is 30.5 Å². The van der Waals surface area contributed by atoms with Gasteiger partial charge in [-0.3, -0.25) is 0 Å². The summed E-state index contributed by atoms with van der Waals surface area (Å²) < 4.78 is 11.0. The van der Waals surface area contributed by atoms with Gasteiger partial charge in [0.25, 0.3) is 0 Å². The van der Waals surface area contributed by atoms with Gasteiger partial charge in [-0.15, -0.1) is 0 Å². The first kappa shape index (κ1) is 21.4. The van der Waals surface area contributed by atoms with E-state index in [1.165, 1.54) is 11.1 Å². The van der Waals surface area contributed by atoms with Crippen LogP contribution in [0.4, 0.5) is 11.8 Å². The van der Waals surface area contributed by atoms with E-state index in [2.05, 4.69) is 54.0 Å². The summed E-state index contributed by atoms with van der Waals surface area (Å²) in [6.07, 6.45) is 0.886. The lowest BCUT2D eigenvalue weighted by molar-refractivity contribution is 0.356. The number of nitrogens with one attached hydrogen (secondary N) is 2. The summed E-state index contributed by atoms with van der Waals surface area (Å²) in [6.45, 7) is 2.85. The van der Waals surface area contributed by atoms with Crippen LogP contribution < -0.4 is 20.1 Å². The molecule has 4 rings (SSSR count). The lowest BCUT2D eigenvalue weighted by Crippen LogP contribution is -2.12. The number of hydrogen-bond acceptors (Lipinski definition) is 6. The zero-order chi connectivity index (χ0) is 22.3. The van der Waals surface area contributed by atoms with Crippen molar-refractivity contribution in [2.24, 2.45) is 0 Å². The number of hydrogen-bond donors (Lipinski definition) is 2. The first-order valence-corrected chi connectivity index (χ1v) is 10.7.